The summed E-state index contributed by atoms with van der Waals surface area (Å²) >= 11 is 0. The molecule has 4 nitrogen and oxygen atoms in total. The molecular weight excluding hydrogens is 168 g/mol. The number of hydrogen-bond donors (Lipinski definition) is 1. The lowest BCUT2D eigenvalue weighted by atomic mass is 10.3. The van der Waals surface area contributed by atoms with Crippen molar-refractivity contribution in [3.05, 3.63) is 35.7 Å². The number of aromatic carboxylic acids is 1. The highest BCUT2D eigenvalue weighted by atomic mass is 16.4. The van der Waals surface area contributed by atoms with Gasteiger partial charge in [0, 0.05) is 6.20 Å². The van der Waals surface area contributed by atoms with Crippen LogP contribution in [0.1, 0.15) is 16.1 Å². The average molecular weight is 176 g/mol. The summed E-state index contributed by atoms with van der Waals surface area (Å²) in [6.45, 7) is 1.95. The van der Waals surface area contributed by atoms with Crippen LogP contribution in [0.4, 0.5) is 0 Å². The highest BCUT2D eigenvalue weighted by molar-refractivity contribution is 5.87. The minimum absolute atomic E-state index is 0.0746. The Hall–Kier alpha value is -1.84. The number of carbonyl (C=O) groups is 1. The number of nitrogens with zero attached hydrogens (tertiary/aromatic N) is 2. The number of rotatable bonds is 1. The van der Waals surface area contributed by atoms with Crippen LogP contribution in [0.2, 0.25) is 0 Å². The van der Waals surface area contributed by atoms with Crippen LogP contribution in [0, 0.1) is 6.92 Å². The third-order valence-corrected chi connectivity index (χ3v) is 1.84. The van der Waals surface area contributed by atoms with E-state index in [1.165, 1.54) is 0 Å². The average Bonchev–Trinajstić information content (AvgIpc) is 2.46. The van der Waals surface area contributed by atoms with Crippen LogP contribution in [-0.4, -0.2) is 20.7 Å². The summed E-state index contributed by atoms with van der Waals surface area (Å²) in [4.78, 5) is 10.6. The normalized spacial score (nSPS) is 10.5. The van der Waals surface area contributed by atoms with Crippen LogP contribution in [0.5, 0.6) is 0 Å². The van der Waals surface area contributed by atoms with Gasteiger partial charge in [-0.05, 0) is 30.7 Å². The zero-order valence-corrected chi connectivity index (χ0v) is 7.06. The summed E-state index contributed by atoms with van der Waals surface area (Å²) in [6, 6.07) is 5.32. The summed E-state index contributed by atoms with van der Waals surface area (Å²) < 4.78 is 1.55. The van der Waals surface area contributed by atoms with E-state index >= 15 is 0 Å². The zero-order valence-electron chi connectivity index (χ0n) is 7.06. The Labute approximate surface area is 74.4 Å². The molecule has 0 aliphatic carbocycles. The minimum Gasteiger partial charge on any atom is -0.476 e. The van der Waals surface area contributed by atoms with Crippen molar-refractivity contribution in [3.63, 3.8) is 0 Å². The van der Waals surface area contributed by atoms with E-state index in [4.69, 9.17) is 5.11 Å². The molecule has 0 amide bonds. The first-order valence-corrected chi connectivity index (χ1v) is 3.86. The van der Waals surface area contributed by atoms with E-state index in [1.54, 1.807) is 16.8 Å². The molecule has 0 bridgehead atoms. The van der Waals surface area contributed by atoms with E-state index < -0.39 is 5.97 Å². The summed E-state index contributed by atoms with van der Waals surface area (Å²) in [5, 5.41) is 12.5. The number of carboxylic acid groups (broad SMARTS) is 1. The monoisotopic (exact) mass is 176 g/mol. The quantitative estimate of drug-likeness (QED) is 0.713. The van der Waals surface area contributed by atoms with Crippen LogP contribution in [-0.2, 0) is 0 Å². The van der Waals surface area contributed by atoms with Gasteiger partial charge in [-0.25, -0.2) is 9.31 Å². The third kappa shape index (κ3) is 1.26. The maximum absolute atomic E-state index is 10.6. The van der Waals surface area contributed by atoms with E-state index in [-0.39, 0.29) is 5.69 Å². The molecule has 1 N–H and O–H groups in total. The number of pyridine rings is 1. The van der Waals surface area contributed by atoms with Gasteiger partial charge in [0.15, 0.2) is 5.69 Å². The van der Waals surface area contributed by atoms with Crippen LogP contribution < -0.4 is 0 Å². The Morgan fingerprint density at radius 2 is 2.31 bits per heavy atom. The van der Waals surface area contributed by atoms with E-state index in [2.05, 4.69) is 5.10 Å². The van der Waals surface area contributed by atoms with Gasteiger partial charge in [-0.1, -0.05) is 0 Å². The Kier molecular flexibility index (Phi) is 1.55. The molecule has 0 aromatic carbocycles. The molecule has 13 heavy (non-hydrogen) atoms. The molecular formula is C9H8N2O2. The van der Waals surface area contributed by atoms with Gasteiger partial charge >= 0.3 is 5.97 Å². The second kappa shape index (κ2) is 2.58. The van der Waals surface area contributed by atoms with Crippen molar-refractivity contribution >= 4 is 11.5 Å². The predicted molar refractivity (Wildman–Crippen MR) is 46.9 cm³/mol. The van der Waals surface area contributed by atoms with Crippen molar-refractivity contribution in [1.29, 1.82) is 0 Å². The van der Waals surface area contributed by atoms with Gasteiger partial charge in [0.25, 0.3) is 0 Å². The van der Waals surface area contributed by atoms with Gasteiger partial charge in [0.05, 0.1) is 5.52 Å². The van der Waals surface area contributed by atoms with Crippen molar-refractivity contribution in [2.24, 2.45) is 0 Å². The molecule has 0 radical (unpaired) electrons. The van der Waals surface area contributed by atoms with Gasteiger partial charge in [-0.3, -0.25) is 0 Å². The number of fused-ring (bicyclic) bond motifs is 1. The Morgan fingerprint density at radius 3 is 3.00 bits per heavy atom. The molecule has 4 heteroatoms. The van der Waals surface area contributed by atoms with Gasteiger partial charge in [0.2, 0.25) is 0 Å². The van der Waals surface area contributed by atoms with Crippen LogP contribution in [0.25, 0.3) is 5.52 Å². The molecule has 2 aromatic heterocycles. The lowest BCUT2D eigenvalue weighted by Crippen LogP contribution is -1.97. The highest BCUT2D eigenvalue weighted by Crippen LogP contribution is 2.08. The van der Waals surface area contributed by atoms with Gasteiger partial charge < -0.3 is 5.11 Å². The lowest BCUT2D eigenvalue weighted by Gasteiger charge is -1.92. The number of hydrogen-bond acceptors (Lipinski definition) is 2. The molecule has 66 valence electrons. The first-order chi connectivity index (χ1) is 6.16. The van der Waals surface area contributed by atoms with Gasteiger partial charge in [-0.15, -0.1) is 0 Å². The first kappa shape index (κ1) is 7.79. The van der Waals surface area contributed by atoms with Crippen molar-refractivity contribution in [2.45, 2.75) is 6.92 Å². The smallest absolute Gasteiger partial charge is 0.356 e. The molecule has 2 rings (SSSR count). The van der Waals surface area contributed by atoms with Crippen molar-refractivity contribution in [2.75, 3.05) is 0 Å². The molecule has 0 aliphatic rings. The van der Waals surface area contributed by atoms with Crippen molar-refractivity contribution in [3.8, 4) is 0 Å². The number of aromatic nitrogens is 2. The highest BCUT2D eigenvalue weighted by Gasteiger charge is 2.07. The molecule has 0 atom stereocenters. The Bertz CT molecular complexity index is 473. The Balaban J connectivity index is 2.68. The Morgan fingerprint density at radius 1 is 1.54 bits per heavy atom. The maximum Gasteiger partial charge on any atom is 0.356 e. The predicted octanol–water partition coefficient (Wildman–Crippen LogP) is 1.34. The lowest BCUT2D eigenvalue weighted by molar-refractivity contribution is 0.0690. The van der Waals surface area contributed by atoms with Crippen LogP contribution in [0.15, 0.2) is 24.4 Å². The molecule has 0 spiro atoms. The first-order valence-electron chi connectivity index (χ1n) is 3.86. The second-order valence-corrected chi connectivity index (χ2v) is 2.91. The summed E-state index contributed by atoms with van der Waals surface area (Å²) in [5.41, 5.74) is 1.97. The summed E-state index contributed by atoms with van der Waals surface area (Å²) in [5.74, 6) is -0.999. The molecule has 0 saturated heterocycles. The maximum atomic E-state index is 10.6. The largest absolute Gasteiger partial charge is 0.476 e. The molecule has 2 heterocycles. The van der Waals surface area contributed by atoms with E-state index in [0.29, 0.717) is 0 Å². The van der Waals surface area contributed by atoms with E-state index in [1.807, 2.05) is 19.1 Å². The zero-order chi connectivity index (χ0) is 9.42. The minimum atomic E-state index is -0.999. The van der Waals surface area contributed by atoms with E-state index in [0.717, 1.165) is 11.1 Å². The number of aryl methyl sites for hydroxylation is 1. The van der Waals surface area contributed by atoms with Gasteiger partial charge in [-0.2, -0.15) is 5.10 Å². The van der Waals surface area contributed by atoms with Crippen molar-refractivity contribution < 1.29 is 9.90 Å². The topological polar surface area (TPSA) is 54.6 Å². The second-order valence-electron chi connectivity index (χ2n) is 2.91. The fraction of sp³-hybridized carbons (Fsp3) is 0.111. The SMILES string of the molecule is Cc1ccn2nc(C(=O)O)cc2c1. The fourth-order valence-electron chi connectivity index (χ4n) is 1.21. The standard InChI is InChI=1S/C9H8N2O2/c1-6-2-3-11-7(4-6)5-8(10-11)9(12)13/h2-5H,1H3,(H,12,13). The molecule has 0 fully saturated rings. The van der Waals surface area contributed by atoms with E-state index in [9.17, 15) is 4.79 Å². The molecule has 2 aromatic rings. The number of carboxylic acids is 1. The van der Waals surface area contributed by atoms with Crippen LogP contribution in [0.3, 0.4) is 0 Å². The van der Waals surface area contributed by atoms with Crippen LogP contribution >= 0.6 is 0 Å². The fourth-order valence-corrected chi connectivity index (χ4v) is 1.21. The summed E-state index contributed by atoms with van der Waals surface area (Å²) in [6.07, 6.45) is 1.75. The summed E-state index contributed by atoms with van der Waals surface area (Å²) in [7, 11) is 0. The molecule has 0 saturated carbocycles. The third-order valence-electron chi connectivity index (χ3n) is 1.84. The van der Waals surface area contributed by atoms with Gasteiger partial charge in [0.1, 0.15) is 0 Å². The van der Waals surface area contributed by atoms with Crippen molar-refractivity contribution in [1.82, 2.24) is 9.61 Å². The molecule has 0 unspecified atom stereocenters. The molecule has 0 aliphatic heterocycles.